The van der Waals surface area contributed by atoms with Crippen molar-refractivity contribution in [2.45, 2.75) is 26.3 Å². The molecule has 0 aliphatic carbocycles. The molecule has 1 atom stereocenters. The van der Waals surface area contributed by atoms with Gasteiger partial charge in [0, 0.05) is 12.3 Å². The molecule has 1 aromatic carbocycles. The smallest absolute Gasteiger partial charge is 0.326 e. The predicted octanol–water partition coefficient (Wildman–Crippen LogP) is 2.38. The molecule has 128 valence electrons. The first-order valence-corrected chi connectivity index (χ1v) is 7.32. The third kappa shape index (κ3) is 4.15. The van der Waals surface area contributed by atoms with E-state index < -0.39 is 29.6 Å². The van der Waals surface area contributed by atoms with Crippen LogP contribution >= 0.6 is 0 Å². The van der Waals surface area contributed by atoms with Gasteiger partial charge >= 0.3 is 5.97 Å². The highest BCUT2D eigenvalue weighted by Crippen LogP contribution is 2.14. The normalized spacial score (nSPS) is 12.2. The summed E-state index contributed by atoms with van der Waals surface area (Å²) in [5.74, 6) is -3.28. The molecule has 1 amide bonds. The van der Waals surface area contributed by atoms with Crippen molar-refractivity contribution in [1.29, 1.82) is 0 Å². The number of hydrogen-bond donors (Lipinski definition) is 2. The van der Waals surface area contributed by atoms with Gasteiger partial charge < -0.3 is 10.4 Å². The van der Waals surface area contributed by atoms with Crippen LogP contribution in [0.1, 0.15) is 30.8 Å². The Balaban J connectivity index is 2.17. The number of aliphatic carboxylic acids is 1. The van der Waals surface area contributed by atoms with E-state index in [1.807, 2.05) is 13.8 Å². The van der Waals surface area contributed by atoms with Crippen molar-refractivity contribution >= 4 is 11.9 Å². The average Bonchev–Trinajstić information content (AvgIpc) is 2.95. The van der Waals surface area contributed by atoms with Crippen LogP contribution in [0.4, 0.5) is 8.78 Å². The van der Waals surface area contributed by atoms with Crippen molar-refractivity contribution in [1.82, 2.24) is 15.1 Å². The molecule has 0 unspecified atom stereocenters. The minimum Gasteiger partial charge on any atom is -0.480 e. The van der Waals surface area contributed by atoms with Crippen LogP contribution in [0.2, 0.25) is 0 Å². The Morgan fingerprint density at radius 2 is 2.00 bits per heavy atom. The third-order valence-electron chi connectivity index (χ3n) is 3.29. The number of nitrogens with one attached hydrogen (secondary N) is 1. The zero-order chi connectivity index (χ0) is 17.9. The summed E-state index contributed by atoms with van der Waals surface area (Å²) in [5.41, 5.74) is -0.0823. The Morgan fingerprint density at radius 3 is 2.58 bits per heavy atom. The van der Waals surface area contributed by atoms with Crippen molar-refractivity contribution in [2.75, 3.05) is 0 Å². The molecule has 24 heavy (non-hydrogen) atoms. The van der Waals surface area contributed by atoms with Gasteiger partial charge in [-0.1, -0.05) is 13.8 Å². The molecule has 6 nitrogen and oxygen atoms in total. The molecule has 8 heteroatoms. The van der Waals surface area contributed by atoms with Crippen LogP contribution in [0.5, 0.6) is 0 Å². The highest BCUT2D eigenvalue weighted by Gasteiger charge is 2.23. The number of aromatic nitrogens is 2. The van der Waals surface area contributed by atoms with Crippen molar-refractivity contribution in [3.63, 3.8) is 0 Å². The molecule has 0 saturated carbocycles. The van der Waals surface area contributed by atoms with Gasteiger partial charge in [-0.15, -0.1) is 0 Å². The van der Waals surface area contributed by atoms with Crippen LogP contribution < -0.4 is 5.32 Å². The van der Waals surface area contributed by atoms with Gasteiger partial charge in [0.05, 0.1) is 0 Å². The lowest BCUT2D eigenvalue weighted by molar-refractivity contribution is -0.139. The molecule has 0 radical (unpaired) electrons. The molecular formula is C16H17F2N3O3. The van der Waals surface area contributed by atoms with Gasteiger partial charge in [0.1, 0.15) is 17.5 Å². The number of amides is 1. The number of carboxylic acids is 1. The van der Waals surface area contributed by atoms with Crippen molar-refractivity contribution in [3.8, 4) is 5.69 Å². The summed E-state index contributed by atoms with van der Waals surface area (Å²) < 4.78 is 27.7. The lowest BCUT2D eigenvalue weighted by atomic mass is 10.0. The van der Waals surface area contributed by atoms with Gasteiger partial charge in [-0.25, -0.2) is 18.3 Å². The Bertz CT molecular complexity index is 759. The molecule has 0 aliphatic rings. The first-order valence-electron chi connectivity index (χ1n) is 7.32. The standard InChI is InChI=1S/C16H17F2N3O3/c1-9(2)7-13(16(23)24)19-15(22)12-5-6-21(20-12)14-4-3-10(17)8-11(14)18/h3-6,8-9,13H,7H2,1-2H3,(H,19,22)(H,23,24)/t13-/m0/s1. The van der Waals surface area contributed by atoms with Crippen LogP contribution in [0.3, 0.4) is 0 Å². The Hall–Kier alpha value is -2.77. The van der Waals surface area contributed by atoms with Crippen LogP contribution in [-0.4, -0.2) is 32.8 Å². The largest absolute Gasteiger partial charge is 0.480 e. The van der Waals surface area contributed by atoms with Crippen LogP contribution in [-0.2, 0) is 4.79 Å². The molecule has 2 rings (SSSR count). The Labute approximate surface area is 137 Å². The Kier molecular flexibility index (Phi) is 5.28. The fourth-order valence-electron chi connectivity index (χ4n) is 2.17. The highest BCUT2D eigenvalue weighted by molar-refractivity contribution is 5.94. The second-order valence-corrected chi connectivity index (χ2v) is 5.74. The minimum atomic E-state index is -1.14. The number of carboxylic acid groups (broad SMARTS) is 1. The summed E-state index contributed by atoms with van der Waals surface area (Å²) in [6, 6.07) is 3.26. The summed E-state index contributed by atoms with van der Waals surface area (Å²) in [4.78, 5) is 23.3. The zero-order valence-electron chi connectivity index (χ0n) is 13.2. The van der Waals surface area contributed by atoms with E-state index >= 15 is 0 Å². The van der Waals surface area contributed by atoms with Crippen LogP contribution in [0.25, 0.3) is 5.69 Å². The lowest BCUT2D eigenvalue weighted by Gasteiger charge is -2.15. The minimum absolute atomic E-state index is 0.0209. The molecule has 0 bridgehead atoms. The number of rotatable bonds is 6. The zero-order valence-corrected chi connectivity index (χ0v) is 13.2. The lowest BCUT2D eigenvalue weighted by Crippen LogP contribution is -2.41. The second kappa shape index (κ2) is 7.20. The van der Waals surface area contributed by atoms with E-state index in [4.69, 9.17) is 5.11 Å². The highest BCUT2D eigenvalue weighted by atomic mass is 19.1. The molecule has 2 aromatic rings. The second-order valence-electron chi connectivity index (χ2n) is 5.74. The van der Waals surface area contributed by atoms with E-state index in [1.165, 1.54) is 18.3 Å². The fourth-order valence-corrected chi connectivity index (χ4v) is 2.17. The van der Waals surface area contributed by atoms with E-state index in [-0.39, 0.29) is 23.7 Å². The number of benzene rings is 1. The van der Waals surface area contributed by atoms with Crippen LogP contribution in [0, 0.1) is 17.6 Å². The first-order chi connectivity index (χ1) is 11.3. The van der Waals surface area contributed by atoms with Gasteiger partial charge in [-0.2, -0.15) is 5.10 Å². The van der Waals surface area contributed by atoms with Gasteiger partial charge in [0.2, 0.25) is 0 Å². The molecule has 0 fully saturated rings. The van der Waals surface area contributed by atoms with Gasteiger partial charge in [-0.05, 0) is 30.5 Å². The molecule has 1 heterocycles. The fraction of sp³-hybridized carbons (Fsp3) is 0.312. The Morgan fingerprint density at radius 1 is 1.29 bits per heavy atom. The molecule has 0 saturated heterocycles. The van der Waals surface area contributed by atoms with Crippen LogP contribution in [0.15, 0.2) is 30.5 Å². The molecule has 0 aliphatic heterocycles. The maximum Gasteiger partial charge on any atom is 0.326 e. The van der Waals surface area contributed by atoms with E-state index in [9.17, 15) is 18.4 Å². The van der Waals surface area contributed by atoms with E-state index in [2.05, 4.69) is 10.4 Å². The van der Waals surface area contributed by atoms with E-state index in [0.29, 0.717) is 6.07 Å². The molecular weight excluding hydrogens is 320 g/mol. The average molecular weight is 337 g/mol. The number of hydrogen-bond acceptors (Lipinski definition) is 3. The topological polar surface area (TPSA) is 84.2 Å². The summed E-state index contributed by atoms with van der Waals surface area (Å²) in [7, 11) is 0. The summed E-state index contributed by atoms with van der Waals surface area (Å²) in [6.45, 7) is 3.68. The maximum atomic E-state index is 13.7. The molecule has 0 spiro atoms. The number of carbonyl (C=O) groups is 2. The molecule has 1 aromatic heterocycles. The van der Waals surface area contributed by atoms with Gasteiger partial charge in [0.15, 0.2) is 11.5 Å². The van der Waals surface area contributed by atoms with E-state index in [1.54, 1.807) is 0 Å². The third-order valence-corrected chi connectivity index (χ3v) is 3.29. The quantitative estimate of drug-likeness (QED) is 0.848. The number of halogens is 2. The maximum absolute atomic E-state index is 13.7. The summed E-state index contributed by atoms with van der Waals surface area (Å²) in [6.07, 6.45) is 1.61. The monoisotopic (exact) mass is 337 g/mol. The van der Waals surface area contributed by atoms with Gasteiger partial charge in [0.25, 0.3) is 5.91 Å². The summed E-state index contributed by atoms with van der Waals surface area (Å²) in [5, 5.41) is 15.4. The molecule has 2 N–H and O–H groups in total. The SMILES string of the molecule is CC(C)C[C@H](NC(=O)c1ccn(-c2ccc(F)cc2F)n1)C(=O)O. The van der Waals surface area contributed by atoms with E-state index in [0.717, 1.165) is 10.7 Å². The van der Waals surface area contributed by atoms with Crippen molar-refractivity contribution in [3.05, 3.63) is 47.8 Å². The van der Waals surface area contributed by atoms with Crippen molar-refractivity contribution in [2.24, 2.45) is 5.92 Å². The first kappa shape index (κ1) is 17.6. The summed E-state index contributed by atoms with van der Waals surface area (Å²) >= 11 is 0. The number of carbonyl (C=O) groups excluding carboxylic acids is 1. The van der Waals surface area contributed by atoms with Gasteiger partial charge in [-0.3, -0.25) is 4.79 Å². The van der Waals surface area contributed by atoms with Crippen molar-refractivity contribution < 1.29 is 23.5 Å². The number of nitrogens with zero attached hydrogens (tertiary/aromatic N) is 2. The predicted molar refractivity (Wildman–Crippen MR) is 81.8 cm³/mol.